The van der Waals surface area contributed by atoms with Crippen molar-refractivity contribution in [2.24, 2.45) is 16.7 Å². The van der Waals surface area contributed by atoms with E-state index in [1.165, 1.54) is 6.07 Å². The van der Waals surface area contributed by atoms with E-state index in [1.807, 2.05) is 18.2 Å². The minimum atomic E-state index is -2.17. The molecule has 2 aliphatic rings. The average molecular weight is 356 g/mol. The first-order valence-electron chi connectivity index (χ1n) is 7.93. The van der Waals surface area contributed by atoms with Crippen LogP contribution >= 0.6 is 0 Å². The monoisotopic (exact) mass is 356 g/mol. The van der Waals surface area contributed by atoms with Crippen LogP contribution in [0.5, 0.6) is 0 Å². The van der Waals surface area contributed by atoms with Crippen LogP contribution in [0.25, 0.3) is 0 Å². The average Bonchev–Trinajstić information content (AvgIpc) is 2.80. The van der Waals surface area contributed by atoms with Crippen LogP contribution in [0.3, 0.4) is 0 Å². The summed E-state index contributed by atoms with van der Waals surface area (Å²) in [4.78, 5) is 0. The van der Waals surface area contributed by atoms with Gasteiger partial charge < -0.3 is 9.47 Å². The second kappa shape index (κ2) is 5.49. The SMILES string of the molecule is CCC12OC(=N)C(C#N)(C1C)C(C#N)(C#N)C(c1ccc(F)c(F)c1)O2. The van der Waals surface area contributed by atoms with Crippen LogP contribution in [0.1, 0.15) is 31.9 Å². The lowest BCUT2D eigenvalue weighted by atomic mass is 9.53. The molecule has 4 unspecified atom stereocenters. The van der Waals surface area contributed by atoms with Gasteiger partial charge in [0.25, 0.3) is 0 Å². The minimum Gasteiger partial charge on any atom is -0.447 e. The highest BCUT2D eigenvalue weighted by atomic mass is 19.2. The Morgan fingerprint density at radius 1 is 1.15 bits per heavy atom. The van der Waals surface area contributed by atoms with Gasteiger partial charge in [0.2, 0.25) is 17.1 Å². The number of halogens is 2. The van der Waals surface area contributed by atoms with Crippen molar-refractivity contribution in [3.63, 3.8) is 0 Å². The number of ether oxygens (including phenoxy) is 2. The first-order valence-corrected chi connectivity index (χ1v) is 7.93. The lowest BCUT2D eigenvalue weighted by Crippen LogP contribution is -2.58. The van der Waals surface area contributed by atoms with E-state index in [0.717, 1.165) is 12.1 Å². The first kappa shape index (κ1) is 17.8. The molecule has 0 saturated carbocycles. The number of hydrogen-bond donors (Lipinski definition) is 1. The number of nitrogens with one attached hydrogen (secondary N) is 1. The molecule has 2 fully saturated rings. The number of hydrogen-bond acceptors (Lipinski definition) is 6. The van der Waals surface area contributed by atoms with Crippen LogP contribution in [-0.4, -0.2) is 11.7 Å². The van der Waals surface area contributed by atoms with E-state index in [0.29, 0.717) is 0 Å². The van der Waals surface area contributed by atoms with Crippen LogP contribution in [-0.2, 0) is 9.47 Å². The Labute approximate surface area is 148 Å². The molecular formula is C18H14F2N4O2. The molecular weight excluding hydrogens is 342 g/mol. The van der Waals surface area contributed by atoms with E-state index in [1.54, 1.807) is 13.8 Å². The van der Waals surface area contributed by atoms with Gasteiger partial charge in [-0.2, -0.15) is 15.8 Å². The molecule has 26 heavy (non-hydrogen) atoms. The lowest BCUT2D eigenvalue weighted by molar-refractivity contribution is -0.280. The molecule has 8 heteroatoms. The van der Waals surface area contributed by atoms with E-state index >= 15 is 0 Å². The number of fused-ring (bicyclic) bond motifs is 2. The van der Waals surface area contributed by atoms with E-state index < -0.39 is 46.2 Å². The lowest BCUT2D eigenvalue weighted by Gasteiger charge is -2.48. The third kappa shape index (κ3) is 1.76. The van der Waals surface area contributed by atoms with Crippen LogP contribution in [0.2, 0.25) is 0 Å². The number of nitriles is 3. The summed E-state index contributed by atoms with van der Waals surface area (Å²) in [5.74, 6) is -5.00. The van der Waals surface area contributed by atoms with Gasteiger partial charge in [-0.25, -0.2) is 8.78 Å². The van der Waals surface area contributed by atoms with Gasteiger partial charge in [0.1, 0.15) is 6.10 Å². The fourth-order valence-electron chi connectivity index (χ4n) is 4.02. The Morgan fingerprint density at radius 2 is 1.81 bits per heavy atom. The molecule has 0 aliphatic carbocycles. The summed E-state index contributed by atoms with van der Waals surface area (Å²) < 4.78 is 38.6. The molecule has 0 spiro atoms. The minimum absolute atomic E-state index is 0.0228. The van der Waals surface area contributed by atoms with Crippen molar-refractivity contribution in [3.05, 3.63) is 35.4 Å². The van der Waals surface area contributed by atoms with E-state index in [2.05, 4.69) is 0 Å². The van der Waals surface area contributed by atoms with Crippen molar-refractivity contribution in [2.75, 3.05) is 0 Å². The molecule has 1 aromatic rings. The van der Waals surface area contributed by atoms with Gasteiger partial charge in [0.15, 0.2) is 17.0 Å². The molecule has 2 bridgehead atoms. The largest absolute Gasteiger partial charge is 0.447 e. The summed E-state index contributed by atoms with van der Waals surface area (Å²) in [6.07, 6.45) is -1.17. The smallest absolute Gasteiger partial charge is 0.217 e. The van der Waals surface area contributed by atoms with Crippen LogP contribution < -0.4 is 0 Å². The maximum absolute atomic E-state index is 13.8. The van der Waals surface area contributed by atoms with Crippen LogP contribution in [0, 0.1) is 67.8 Å². The van der Waals surface area contributed by atoms with Gasteiger partial charge in [0, 0.05) is 6.42 Å². The molecule has 1 N–H and O–H groups in total. The van der Waals surface area contributed by atoms with Crippen LogP contribution in [0.4, 0.5) is 8.78 Å². The summed E-state index contributed by atoms with van der Waals surface area (Å²) >= 11 is 0. The highest BCUT2D eigenvalue weighted by molar-refractivity contribution is 5.89. The topological polar surface area (TPSA) is 114 Å². The normalized spacial score (nSPS) is 34.3. The Hall–Kier alpha value is -3.02. The third-order valence-corrected chi connectivity index (χ3v) is 5.54. The van der Waals surface area contributed by atoms with E-state index in [9.17, 15) is 24.6 Å². The van der Waals surface area contributed by atoms with Crippen molar-refractivity contribution in [3.8, 4) is 18.2 Å². The molecule has 132 valence electrons. The predicted molar refractivity (Wildman–Crippen MR) is 82.9 cm³/mol. The molecule has 2 heterocycles. The Bertz CT molecular complexity index is 915. The Balaban J connectivity index is 2.34. The second-order valence-electron chi connectivity index (χ2n) is 6.44. The molecule has 4 atom stereocenters. The number of benzene rings is 1. The standard InChI is InChI=1S/C18H14F2N4O2/c1-3-18-10(2)17(9-23,15(24)26-18)16(7-21,8-22)14(25-18)11-4-5-12(19)13(20)6-11/h4-6,10,14,24H,3H2,1-2H3. The van der Waals surface area contributed by atoms with Crippen LogP contribution in [0.15, 0.2) is 18.2 Å². The quantitative estimate of drug-likeness (QED) is 0.873. The van der Waals surface area contributed by atoms with Crippen molar-refractivity contribution < 1.29 is 18.3 Å². The van der Waals surface area contributed by atoms with E-state index in [4.69, 9.17) is 14.9 Å². The van der Waals surface area contributed by atoms with Gasteiger partial charge >= 0.3 is 0 Å². The molecule has 0 radical (unpaired) electrons. The van der Waals surface area contributed by atoms with Crippen molar-refractivity contribution in [1.82, 2.24) is 0 Å². The van der Waals surface area contributed by atoms with Gasteiger partial charge in [-0.05, 0) is 17.7 Å². The second-order valence-corrected chi connectivity index (χ2v) is 6.44. The van der Waals surface area contributed by atoms with Gasteiger partial charge in [0.05, 0.1) is 24.1 Å². The zero-order valence-corrected chi connectivity index (χ0v) is 14.0. The molecule has 3 rings (SSSR count). The highest BCUT2D eigenvalue weighted by Crippen LogP contribution is 2.66. The zero-order valence-electron chi connectivity index (χ0n) is 14.0. The fraction of sp³-hybridized carbons (Fsp3) is 0.444. The molecule has 2 saturated heterocycles. The first-order chi connectivity index (χ1) is 12.3. The summed E-state index contributed by atoms with van der Waals surface area (Å²) in [5.41, 5.74) is -4.05. The number of rotatable bonds is 2. The third-order valence-electron chi connectivity index (χ3n) is 5.54. The van der Waals surface area contributed by atoms with Gasteiger partial charge in [-0.15, -0.1) is 0 Å². The highest BCUT2D eigenvalue weighted by Gasteiger charge is 2.78. The van der Waals surface area contributed by atoms with Gasteiger partial charge in [-0.3, -0.25) is 5.41 Å². The van der Waals surface area contributed by atoms with Crippen molar-refractivity contribution in [2.45, 2.75) is 32.2 Å². The zero-order chi connectivity index (χ0) is 19.3. The maximum atomic E-state index is 13.8. The Morgan fingerprint density at radius 3 is 2.31 bits per heavy atom. The predicted octanol–water partition coefficient (Wildman–Crippen LogP) is 3.33. The summed E-state index contributed by atoms with van der Waals surface area (Å²) in [6, 6.07) is 8.48. The van der Waals surface area contributed by atoms with E-state index in [-0.39, 0.29) is 12.0 Å². The molecule has 2 aliphatic heterocycles. The fourth-order valence-corrected chi connectivity index (χ4v) is 4.02. The number of nitrogens with zero attached hydrogens (tertiary/aromatic N) is 3. The van der Waals surface area contributed by atoms with Crippen molar-refractivity contribution in [1.29, 1.82) is 21.2 Å². The molecule has 6 nitrogen and oxygen atoms in total. The van der Waals surface area contributed by atoms with Gasteiger partial charge in [-0.1, -0.05) is 19.9 Å². The summed E-state index contributed by atoms with van der Waals surface area (Å²) in [7, 11) is 0. The Kier molecular flexibility index (Phi) is 3.76. The maximum Gasteiger partial charge on any atom is 0.217 e. The summed E-state index contributed by atoms with van der Waals surface area (Å²) in [6.45, 7) is 3.30. The molecule has 0 aromatic heterocycles. The molecule has 0 amide bonds. The molecule has 1 aromatic carbocycles. The summed E-state index contributed by atoms with van der Waals surface area (Å²) in [5, 5.41) is 37.9. The van der Waals surface area contributed by atoms with Crippen molar-refractivity contribution >= 4 is 5.90 Å².